The summed E-state index contributed by atoms with van der Waals surface area (Å²) in [6.07, 6.45) is 4.20. The lowest BCUT2D eigenvalue weighted by molar-refractivity contribution is -0.184. The van der Waals surface area contributed by atoms with Crippen LogP contribution in [0.2, 0.25) is 0 Å². The molecule has 3 N–H and O–H groups in total. The predicted molar refractivity (Wildman–Crippen MR) is 331 cm³/mol. The molecular weight excluding hydrogens is 1180 g/mol. The van der Waals surface area contributed by atoms with Gasteiger partial charge >= 0.3 is 6.18 Å². The molecule has 1 heterocycles. The Morgan fingerprint density at radius 2 is 1.02 bits per heavy atom. The van der Waals surface area contributed by atoms with Crippen molar-refractivity contribution >= 4 is 76.6 Å². The summed E-state index contributed by atoms with van der Waals surface area (Å²) >= 11 is 6.48. The van der Waals surface area contributed by atoms with Crippen LogP contribution >= 0.6 is 11.6 Å². The third-order valence-electron chi connectivity index (χ3n) is 19.3. The Balaban J connectivity index is 1.77. The topological polar surface area (TPSA) is 250 Å². The zero-order valence-electron chi connectivity index (χ0n) is 55.3. The molecule has 4 fully saturated rings. The Labute approximate surface area is 531 Å². The lowest BCUT2D eigenvalue weighted by Gasteiger charge is -2.39. The van der Waals surface area contributed by atoms with Gasteiger partial charge < -0.3 is 55.1 Å². The number of alkyl halides is 4. The van der Waals surface area contributed by atoms with Crippen LogP contribution in [0, 0.1) is 35.5 Å². The molecule has 22 nitrogen and oxygen atoms in total. The molecule has 26 heteroatoms. The van der Waals surface area contributed by atoms with E-state index in [0.29, 0.717) is 32.1 Å². The first-order chi connectivity index (χ1) is 41.7. The second-order valence-corrected chi connectivity index (χ2v) is 27.2. The third-order valence-corrected chi connectivity index (χ3v) is 19.8. The number of hydrogen-bond donors (Lipinski definition) is 3. The summed E-state index contributed by atoms with van der Waals surface area (Å²) < 4.78 is 41.3. The molecule has 0 aromatic rings. The zero-order chi connectivity index (χ0) is 66.8. The van der Waals surface area contributed by atoms with Crippen LogP contribution in [-0.2, 0) is 52.7 Å². The molecule has 0 radical (unpaired) electrons. The lowest BCUT2D eigenvalue weighted by atomic mass is 9.79. The van der Waals surface area contributed by atoms with Crippen molar-refractivity contribution in [2.24, 2.45) is 35.5 Å². The van der Waals surface area contributed by atoms with E-state index in [2.05, 4.69) is 16.0 Å². The smallest absolute Gasteiger partial charge is 0.354 e. The normalized spacial score (nSPS) is 29.2. The van der Waals surface area contributed by atoms with Crippen LogP contribution in [0.3, 0.4) is 0 Å². The molecule has 3 saturated carbocycles. The number of likely N-dealkylation sites (N-methyl/N-ethyl adjacent to an activating group) is 8. The minimum atomic E-state index is -4.34. The van der Waals surface area contributed by atoms with E-state index >= 15 is 9.59 Å². The number of carbonyl (C=O) groups is 11. The van der Waals surface area contributed by atoms with Crippen molar-refractivity contribution in [1.29, 1.82) is 0 Å². The van der Waals surface area contributed by atoms with Gasteiger partial charge in [0.25, 0.3) is 0 Å². The molecule has 1 aliphatic heterocycles. The molecule has 0 aromatic heterocycles. The Bertz CT molecular complexity index is 2440. The van der Waals surface area contributed by atoms with Crippen LogP contribution in [0.4, 0.5) is 13.2 Å². The van der Waals surface area contributed by atoms with E-state index in [0.717, 1.165) is 46.8 Å². The zero-order valence-corrected chi connectivity index (χ0v) is 56.0. The SMILES string of the molecule is CC[C@H](C)[C@@H]1NC(=O)[C@H](C)N(C)C(=O)CCNC(=O)CN(C)C(=O)[C@H](CC2CCCCC2)N(C)C(=O)[C@H](CC(C)C)N(C)C(=O)[C@H](CCC2CCC(C(F)(F)F)CC2)NC(=O)CN(C)C(=O)[C@H](CC2CCC(Cl)CC2)N(C)C(=O)CN(C)C(=O)CN(C)C1=O. The maximum absolute atomic E-state index is 15.2. The minimum Gasteiger partial charge on any atom is -0.354 e. The van der Waals surface area contributed by atoms with Crippen molar-refractivity contribution in [2.45, 2.75) is 211 Å². The predicted octanol–water partition coefficient (Wildman–Crippen LogP) is 5.04. The molecule has 3 aliphatic carbocycles. The quantitative estimate of drug-likeness (QED) is 0.231. The lowest BCUT2D eigenvalue weighted by Crippen LogP contribution is -2.59. The van der Waals surface area contributed by atoms with Crippen molar-refractivity contribution < 1.29 is 65.9 Å². The van der Waals surface area contributed by atoms with Gasteiger partial charge in [0, 0.05) is 74.7 Å². The standard InChI is InChI=1S/C63H105ClF3N11O11/c1-14-40(4)56-62(89)74(9)37-54(82)71(6)38-55(83)76(11)49(34-44-22-27-46(64)28-23-44)59(86)73(8)36-52(80)69-47(29-24-42-20-25-45(26-21-42)63(65,66)67)58(85)77(12)48(32-39(2)3)61(88)78(13)50(33-43-18-16-15-17-19-43)60(87)72(7)35-51(79)68-31-30-53(81)75(10)41(5)57(84)70-56/h39-50,56H,14-38H2,1-13H3,(H,68,79)(H,69,80)(H,70,84)/t40-,41-,42?,44?,45?,46?,47-,48-,49-,50-,56-/m0/s1. The highest BCUT2D eigenvalue weighted by Crippen LogP contribution is 2.41. The first-order valence-corrected chi connectivity index (χ1v) is 32.7. The molecule has 0 spiro atoms. The maximum atomic E-state index is 15.2. The molecular formula is C63H105ClF3N11O11. The Morgan fingerprint density at radius 3 is 1.57 bits per heavy atom. The first-order valence-electron chi connectivity index (χ1n) is 32.3. The van der Waals surface area contributed by atoms with E-state index < -0.39 is 145 Å². The molecule has 89 heavy (non-hydrogen) atoms. The molecule has 11 amide bonds. The van der Waals surface area contributed by atoms with E-state index in [4.69, 9.17) is 11.6 Å². The largest absolute Gasteiger partial charge is 0.391 e. The average molecular weight is 1290 g/mol. The number of nitrogens with one attached hydrogen (secondary N) is 3. The molecule has 0 aromatic carbocycles. The van der Waals surface area contributed by atoms with Crippen LogP contribution < -0.4 is 16.0 Å². The van der Waals surface area contributed by atoms with Gasteiger partial charge in [0.05, 0.1) is 32.1 Å². The summed E-state index contributed by atoms with van der Waals surface area (Å²) in [4.78, 5) is 167. The fourth-order valence-electron chi connectivity index (χ4n) is 12.8. The summed E-state index contributed by atoms with van der Waals surface area (Å²) in [5, 5.41) is 8.20. The Hall–Kier alpha value is -5.75. The highest BCUT2D eigenvalue weighted by Gasteiger charge is 2.44. The van der Waals surface area contributed by atoms with E-state index in [1.165, 1.54) is 87.8 Å². The monoisotopic (exact) mass is 1280 g/mol. The van der Waals surface area contributed by atoms with Crippen LogP contribution in [0.15, 0.2) is 0 Å². The molecule has 0 bridgehead atoms. The number of amides is 11. The summed E-state index contributed by atoms with van der Waals surface area (Å²) in [5.74, 6) is -9.02. The van der Waals surface area contributed by atoms with Gasteiger partial charge in [-0.3, -0.25) is 52.7 Å². The van der Waals surface area contributed by atoms with Gasteiger partial charge in [-0.1, -0.05) is 66.2 Å². The van der Waals surface area contributed by atoms with E-state index in [-0.39, 0.29) is 99.8 Å². The first kappa shape index (κ1) is 75.7. The van der Waals surface area contributed by atoms with Crippen LogP contribution in [0.5, 0.6) is 0 Å². The maximum Gasteiger partial charge on any atom is 0.391 e. The number of nitrogens with zero attached hydrogens (tertiary/aromatic N) is 8. The summed E-state index contributed by atoms with van der Waals surface area (Å²) in [6.45, 7) is 6.61. The molecule has 1 saturated heterocycles. The number of rotatable bonds is 11. The van der Waals surface area contributed by atoms with Crippen molar-refractivity contribution in [3.63, 3.8) is 0 Å². The fraction of sp³-hybridized carbons (Fsp3) is 0.825. The van der Waals surface area contributed by atoms with Gasteiger partial charge in [-0.2, -0.15) is 13.2 Å². The third kappa shape index (κ3) is 22.6. The van der Waals surface area contributed by atoms with Gasteiger partial charge in [-0.15, -0.1) is 11.6 Å². The summed E-state index contributed by atoms with van der Waals surface area (Å²) in [5.41, 5.74) is 0. The molecule has 4 aliphatic rings. The van der Waals surface area contributed by atoms with Crippen LogP contribution in [0.1, 0.15) is 163 Å². The molecule has 7 atom stereocenters. The minimum absolute atomic E-state index is 0.0136. The second-order valence-electron chi connectivity index (χ2n) is 26.6. The molecule has 0 unspecified atom stereocenters. The van der Waals surface area contributed by atoms with Crippen molar-refractivity contribution in [3.05, 3.63) is 0 Å². The second kappa shape index (κ2) is 35.2. The average Bonchev–Trinajstić information content (AvgIpc) is 1.52. The van der Waals surface area contributed by atoms with E-state index in [1.807, 2.05) is 20.8 Å². The van der Waals surface area contributed by atoms with Crippen molar-refractivity contribution in [1.82, 2.24) is 55.1 Å². The van der Waals surface area contributed by atoms with Gasteiger partial charge in [0.1, 0.15) is 36.3 Å². The van der Waals surface area contributed by atoms with Crippen molar-refractivity contribution in [3.8, 4) is 0 Å². The van der Waals surface area contributed by atoms with Gasteiger partial charge in [0.15, 0.2) is 0 Å². The van der Waals surface area contributed by atoms with E-state index in [1.54, 1.807) is 6.92 Å². The number of carbonyl (C=O) groups excluding carboxylic acids is 11. The van der Waals surface area contributed by atoms with Crippen molar-refractivity contribution in [2.75, 3.05) is 89.1 Å². The molecule has 4 rings (SSSR count). The number of halogens is 4. The summed E-state index contributed by atoms with van der Waals surface area (Å²) in [7, 11) is 11.4. The highest BCUT2D eigenvalue weighted by molar-refractivity contribution is 6.20. The van der Waals surface area contributed by atoms with Crippen LogP contribution in [-0.4, -0.2) is 241 Å². The van der Waals surface area contributed by atoms with Gasteiger partial charge in [0.2, 0.25) is 65.0 Å². The fourth-order valence-corrected chi connectivity index (χ4v) is 13.1. The van der Waals surface area contributed by atoms with Gasteiger partial charge in [-0.05, 0) is 120 Å². The van der Waals surface area contributed by atoms with Crippen LogP contribution in [0.25, 0.3) is 0 Å². The molecule has 506 valence electrons. The van der Waals surface area contributed by atoms with E-state index in [9.17, 15) is 56.3 Å². The van der Waals surface area contributed by atoms with Gasteiger partial charge in [-0.25, -0.2) is 0 Å². The highest BCUT2D eigenvalue weighted by atomic mass is 35.5. The summed E-state index contributed by atoms with van der Waals surface area (Å²) in [6, 6.07) is -6.91. The number of hydrogen-bond acceptors (Lipinski definition) is 11. The Morgan fingerprint density at radius 1 is 0.517 bits per heavy atom. The Kier molecular flexibility index (Phi) is 29.9.